The van der Waals surface area contributed by atoms with Gasteiger partial charge in [0.05, 0.1) is 0 Å². The number of furan rings is 2. The number of hydrogen-bond donors (Lipinski definition) is 0. The van der Waals surface area contributed by atoms with Gasteiger partial charge in [0.1, 0.15) is 23.0 Å². The van der Waals surface area contributed by atoms with Crippen molar-refractivity contribution in [1.29, 1.82) is 0 Å². The topological polar surface area (TPSA) is 26.3 Å². The van der Waals surface area contributed by atoms with E-state index in [1.54, 1.807) is 0 Å². The second kappa shape index (κ2) is 13.4. The Morgan fingerprint density at radius 3 is 1.27 bits per heavy atom. The van der Waals surface area contributed by atoms with E-state index in [0.717, 1.165) is 45.2 Å². The molecule has 0 N–H and O–H groups in total. The maximum absolute atomic E-state index is 6.33. The maximum Gasteiger partial charge on any atom is 0.130 e. The lowest BCUT2D eigenvalue weighted by atomic mass is 9.87. The first-order chi connectivity index (χ1) is 24.6. The van der Waals surface area contributed by atoms with Gasteiger partial charge in [-0.2, -0.15) is 0 Å². The summed E-state index contributed by atoms with van der Waals surface area (Å²) >= 11 is 12.7. The SMILES string of the molecule is Cc1ccc(C2=Cc3c(cc(C)c(C)c3-c3ccc(Cl)cc3)C2C[Si]CC2C(c3ccc(C)o3)=Cc3c2cc(C)c(C)c3-c2ccc(Cl)cc2)o1. The van der Waals surface area contributed by atoms with E-state index in [9.17, 15) is 0 Å². The van der Waals surface area contributed by atoms with E-state index in [0.29, 0.717) is 9.52 Å². The minimum absolute atomic E-state index is 0.234. The molecular formula is C46H40Cl2O2Si. The molecule has 51 heavy (non-hydrogen) atoms. The normalized spacial score (nSPS) is 16.3. The van der Waals surface area contributed by atoms with Gasteiger partial charge in [-0.15, -0.1) is 0 Å². The van der Waals surface area contributed by atoms with Crippen molar-refractivity contribution in [1.82, 2.24) is 0 Å². The molecule has 2 radical (unpaired) electrons. The Balaban J connectivity index is 1.18. The molecule has 4 aromatic carbocycles. The zero-order valence-corrected chi connectivity index (χ0v) is 32.4. The van der Waals surface area contributed by atoms with Crippen LogP contribution in [0.3, 0.4) is 0 Å². The van der Waals surface area contributed by atoms with Crippen LogP contribution in [0.1, 0.15) is 79.4 Å². The number of hydrogen-bond acceptors (Lipinski definition) is 2. The second-order valence-corrected chi connectivity index (χ2v) is 16.4. The smallest absolute Gasteiger partial charge is 0.130 e. The molecule has 8 rings (SSSR count). The Morgan fingerprint density at radius 2 is 0.922 bits per heavy atom. The van der Waals surface area contributed by atoms with Crippen molar-refractivity contribution in [3.63, 3.8) is 0 Å². The van der Waals surface area contributed by atoms with E-state index < -0.39 is 0 Å². The van der Waals surface area contributed by atoms with Crippen molar-refractivity contribution in [2.75, 3.05) is 0 Å². The number of aryl methyl sites for hydroxylation is 4. The summed E-state index contributed by atoms with van der Waals surface area (Å²) in [6.45, 7) is 13.0. The van der Waals surface area contributed by atoms with Crippen LogP contribution in [0.25, 0.3) is 45.6 Å². The third-order valence-electron chi connectivity index (χ3n) is 11.0. The van der Waals surface area contributed by atoms with Gasteiger partial charge in [0.2, 0.25) is 0 Å². The van der Waals surface area contributed by atoms with E-state index >= 15 is 0 Å². The largest absolute Gasteiger partial charge is 0.462 e. The van der Waals surface area contributed by atoms with Gasteiger partial charge < -0.3 is 8.83 Å². The van der Waals surface area contributed by atoms with E-state index in [2.05, 4.69) is 101 Å². The summed E-state index contributed by atoms with van der Waals surface area (Å²) in [5.41, 5.74) is 18.1. The zero-order chi connectivity index (χ0) is 35.6. The lowest BCUT2D eigenvalue weighted by Gasteiger charge is -2.22. The molecule has 0 spiro atoms. The zero-order valence-electron chi connectivity index (χ0n) is 29.9. The highest BCUT2D eigenvalue weighted by molar-refractivity contribution is 6.37. The number of halogens is 2. The molecule has 2 nitrogen and oxygen atoms in total. The maximum atomic E-state index is 6.33. The molecule has 0 saturated heterocycles. The Bertz CT molecular complexity index is 2200. The van der Waals surface area contributed by atoms with E-state index in [1.165, 1.54) is 77.9 Å². The van der Waals surface area contributed by atoms with E-state index in [-0.39, 0.29) is 11.8 Å². The molecule has 0 bridgehead atoms. The fourth-order valence-corrected chi connectivity index (χ4v) is 9.99. The molecule has 2 unspecified atom stereocenters. The second-order valence-electron chi connectivity index (χ2n) is 14.2. The summed E-state index contributed by atoms with van der Waals surface area (Å²) in [5, 5.41) is 1.50. The first-order valence-corrected chi connectivity index (χ1v) is 19.8. The van der Waals surface area contributed by atoms with Crippen LogP contribution in [0.15, 0.2) is 93.8 Å². The highest BCUT2D eigenvalue weighted by Crippen LogP contribution is 2.52. The van der Waals surface area contributed by atoms with Crippen LogP contribution in [-0.2, 0) is 0 Å². The molecular weight excluding hydrogens is 683 g/mol. The fourth-order valence-electron chi connectivity index (χ4n) is 8.11. The number of fused-ring (bicyclic) bond motifs is 2. The molecule has 2 atom stereocenters. The molecule has 0 saturated carbocycles. The van der Waals surface area contributed by atoms with Crippen molar-refractivity contribution < 1.29 is 8.83 Å². The third kappa shape index (κ3) is 6.10. The average Bonchev–Trinajstić information content (AvgIpc) is 3.90. The van der Waals surface area contributed by atoms with Gasteiger partial charge in [-0.25, -0.2) is 0 Å². The van der Waals surface area contributed by atoms with Crippen molar-refractivity contribution in [3.8, 4) is 22.3 Å². The number of rotatable bonds is 8. The fraction of sp³-hybridized carbons (Fsp3) is 0.217. The van der Waals surface area contributed by atoms with E-state index in [4.69, 9.17) is 32.0 Å². The van der Waals surface area contributed by atoms with Crippen LogP contribution in [0.4, 0.5) is 0 Å². The minimum Gasteiger partial charge on any atom is -0.462 e. The molecule has 2 aliphatic carbocycles. The number of allylic oxidation sites excluding steroid dienone is 2. The predicted molar refractivity (Wildman–Crippen MR) is 216 cm³/mol. The monoisotopic (exact) mass is 722 g/mol. The molecule has 2 aliphatic rings. The highest BCUT2D eigenvalue weighted by atomic mass is 35.5. The standard InChI is InChI=1S/C46H40Cl2O2Si/c1-25-19-35-39(45(29(25)5)31-9-13-33(47)14-10-31)21-37(43-17-7-27(3)49-43)41(35)23-51-24-42-36-20-26(2)30(6)46(32-11-15-34(48)16-12-32)40(36)22-38(42)44-18-8-28(4)50-44/h7-22,41-42H,23-24H2,1-6H3. The first kappa shape index (κ1) is 33.8. The Hall–Kier alpha value is -4.28. The van der Waals surface area contributed by atoms with Crippen molar-refractivity contribution in [2.45, 2.75) is 65.5 Å². The molecule has 0 amide bonds. The van der Waals surface area contributed by atoms with Crippen LogP contribution in [0.5, 0.6) is 0 Å². The molecule has 5 heteroatoms. The minimum atomic E-state index is 0.234. The highest BCUT2D eigenvalue weighted by Gasteiger charge is 2.34. The van der Waals surface area contributed by atoms with Crippen LogP contribution in [0, 0.1) is 41.5 Å². The Kier molecular flexibility index (Phi) is 8.86. The Labute approximate surface area is 313 Å². The van der Waals surface area contributed by atoms with Crippen molar-refractivity contribution in [2.24, 2.45) is 0 Å². The molecule has 0 fully saturated rings. The van der Waals surface area contributed by atoms with Crippen LogP contribution in [-0.4, -0.2) is 9.52 Å². The van der Waals surface area contributed by atoms with Crippen LogP contribution in [0.2, 0.25) is 22.1 Å². The average molecular weight is 724 g/mol. The quantitative estimate of drug-likeness (QED) is 0.146. The summed E-state index contributed by atoms with van der Waals surface area (Å²) < 4.78 is 12.7. The van der Waals surface area contributed by atoms with Crippen LogP contribution < -0.4 is 0 Å². The van der Waals surface area contributed by atoms with Gasteiger partial charge in [0, 0.05) is 42.5 Å². The van der Waals surface area contributed by atoms with Crippen LogP contribution >= 0.6 is 23.2 Å². The predicted octanol–water partition coefficient (Wildman–Crippen LogP) is 13.9. The van der Waals surface area contributed by atoms with Gasteiger partial charge >= 0.3 is 0 Å². The van der Waals surface area contributed by atoms with Crippen molar-refractivity contribution in [3.05, 3.63) is 163 Å². The summed E-state index contributed by atoms with van der Waals surface area (Å²) in [7, 11) is 0.711. The Morgan fingerprint density at radius 1 is 0.529 bits per heavy atom. The van der Waals surface area contributed by atoms with Gasteiger partial charge in [-0.1, -0.05) is 59.6 Å². The van der Waals surface area contributed by atoms with Gasteiger partial charge in [-0.3, -0.25) is 0 Å². The molecule has 254 valence electrons. The van der Waals surface area contributed by atoms with Gasteiger partial charge in [0.25, 0.3) is 0 Å². The van der Waals surface area contributed by atoms with E-state index in [1.807, 2.05) is 38.1 Å². The number of benzene rings is 4. The van der Waals surface area contributed by atoms with Gasteiger partial charge in [-0.05, 0) is 181 Å². The molecule has 0 aliphatic heterocycles. The summed E-state index contributed by atoms with van der Waals surface area (Å²) in [6, 6.07) is 31.9. The summed E-state index contributed by atoms with van der Waals surface area (Å²) in [6.07, 6.45) is 4.79. The summed E-state index contributed by atoms with van der Waals surface area (Å²) in [5.74, 6) is 4.26. The lowest BCUT2D eigenvalue weighted by Crippen LogP contribution is -2.08. The van der Waals surface area contributed by atoms with Crippen molar-refractivity contribution >= 4 is 56.0 Å². The first-order valence-electron chi connectivity index (χ1n) is 17.6. The lowest BCUT2D eigenvalue weighted by molar-refractivity contribution is 0.518. The molecule has 6 aromatic rings. The molecule has 2 heterocycles. The molecule has 2 aromatic heterocycles. The van der Waals surface area contributed by atoms with Gasteiger partial charge in [0.15, 0.2) is 0 Å². The summed E-state index contributed by atoms with van der Waals surface area (Å²) in [4.78, 5) is 0. The third-order valence-corrected chi connectivity index (χ3v) is 12.8.